The molecule has 1 unspecified atom stereocenters. The lowest BCUT2D eigenvalue weighted by Gasteiger charge is -2.43. The van der Waals surface area contributed by atoms with E-state index in [4.69, 9.17) is 5.11 Å². The molecule has 1 heterocycles. The van der Waals surface area contributed by atoms with E-state index in [9.17, 15) is 14.4 Å². The number of rotatable bonds is 5. The lowest BCUT2D eigenvalue weighted by molar-refractivity contribution is -0.158. The molecule has 1 atom stereocenters. The maximum Gasteiger partial charge on any atom is 0.305 e. The minimum absolute atomic E-state index is 0.00889. The molecule has 0 aromatic rings. The van der Waals surface area contributed by atoms with Crippen LogP contribution in [0.25, 0.3) is 0 Å². The van der Waals surface area contributed by atoms with Crippen LogP contribution in [-0.2, 0) is 14.4 Å². The highest BCUT2D eigenvalue weighted by Gasteiger charge is 2.41. The van der Waals surface area contributed by atoms with Crippen molar-refractivity contribution in [1.29, 1.82) is 0 Å². The summed E-state index contributed by atoms with van der Waals surface area (Å²) in [5.74, 6) is -0.654. The molecule has 3 rings (SSSR count). The number of piperazine rings is 1. The molecule has 2 saturated carbocycles. The Morgan fingerprint density at radius 3 is 2.30 bits per heavy atom. The Bertz CT molecular complexity index is 483. The highest BCUT2D eigenvalue weighted by atomic mass is 16.4. The van der Waals surface area contributed by atoms with Crippen molar-refractivity contribution < 1.29 is 19.5 Å². The quantitative estimate of drug-likeness (QED) is 0.832. The molecule has 128 valence electrons. The van der Waals surface area contributed by atoms with Gasteiger partial charge < -0.3 is 14.9 Å². The van der Waals surface area contributed by atoms with E-state index in [1.807, 2.05) is 0 Å². The van der Waals surface area contributed by atoms with Crippen molar-refractivity contribution >= 4 is 17.8 Å². The van der Waals surface area contributed by atoms with Gasteiger partial charge in [0.15, 0.2) is 0 Å². The zero-order valence-electron chi connectivity index (χ0n) is 13.6. The van der Waals surface area contributed by atoms with Gasteiger partial charge in [-0.2, -0.15) is 0 Å². The van der Waals surface area contributed by atoms with Gasteiger partial charge in [0.2, 0.25) is 11.8 Å². The van der Waals surface area contributed by atoms with E-state index in [0.717, 1.165) is 45.1 Å². The Hall–Kier alpha value is -1.59. The van der Waals surface area contributed by atoms with Gasteiger partial charge >= 0.3 is 5.97 Å². The van der Waals surface area contributed by atoms with Crippen LogP contribution in [0.1, 0.15) is 51.4 Å². The fourth-order valence-corrected chi connectivity index (χ4v) is 4.04. The van der Waals surface area contributed by atoms with Crippen molar-refractivity contribution in [3.63, 3.8) is 0 Å². The molecular formula is C17H26N2O4. The standard InChI is InChI=1S/C17H26N2O4/c20-15(21)10-14-17(23)18(11-12-4-3-5-12)8-9-19(14)16(22)13-6-1-2-7-13/h12-14H,1-11H2,(H,20,21). The lowest BCUT2D eigenvalue weighted by Crippen LogP contribution is -2.61. The highest BCUT2D eigenvalue weighted by Crippen LogP contribution is 2.31. The molecule has 1 aliphatic heterocycles. The van der Waals surface area contributed by atoms with Crippen LogP contribution < -0.4 is 0 Å². The van der Waals surface area contributed by atoms with E-state index in [1.165, 1.54) is 6.42 Å². The molecule has 23 heavy (non-hydrogen) atoms. The van der Waals surface area contributed by atoms with E-state index in [2.05, 4.69) is 0 Å². The summed E-state index contributed by atoms with van der Waals surface area (Å²) < 4.78 is 0. The molecule has 0 spiro atoms. The van der Waals surface area contributed by atoms with Gasteiger partial charge in [-0.15, -0.1) is 0 Å². The maximum absolute atomic E-state index is 12.7. The number of hydrogen-bond acceptors (Lipinski definition) is 3. The van der Waals surface area contributed by atoms with E-state index in [-0.39, 0.29) is 24.2 Å². The summed E-state index contributed by atoms with van der Waals surface area (Å²) in [7, 11) is 0. The molecule has 1 N–H and O–H groups in total. The molecule has 2 aliphatic carbocycles. The number of aliphatic carboxylic acids is 1. The van der Waals surface area contributed by atoms with Crippen LogP contribution >= 0.6 is 0 Å². The topological polar surface area (TPSA) is 77.9 Å². The first-order valence-corrected chi connectivity index (χ1v) is 8.87. The van der Waals surface area contributed by atoms with E-state index >= 15 is 0 Å². The molecule has 6 nitrogen and oxygen atoms in total. The predicted molar refractivity (Wildman–Crippen MR) is 83.6 cm³/mol. The fraction of sp³-hybridized carbons (Fsp3) is 0.824. The first-order chi connectivity index (χ1) is 11.1. The molecule has 3 aliphatic rings. The minimum Gasteiger partial charge on any atom is -0.481 e. The molecule has 0 bridgehead atoms. The fourth-order valence-electron chi connectivity index (χ4n) is 4.04. The summed E-state index contributed by atoms with van der Waals surface area (Å²) in [4.78, 5) is 40.0. The first-order valence-electron chi connectivity index (χ1n) is 8.87. The third-order valence-electron chi connectivity index (χ3n) is 5.64. The average molecular weight is 322 g/mol. The van der Waals surface area contributed by atoms with Gasteiger partial charge in [0.1, 0.15) is 6.04 Å². The van der Waals surface area contributed by atoms with Gasteiger partial charge in [-0.05, 0) is 31.6 Å². The van der Waals surface area contributed by atoms with Crippen LogP contribution in [0.2, 0.25) is 0 Å². The number of hydrogen-bond donors (Lipinski definition) is 1. The summed E-state index contributed by atoms with van der Waals surface area (Å²) in [5.41, 5.74) is 0. The predicted octanol–water partition coefficient (Wildman–Crippen LogP) is 1.49. The Balaban J connectivity index is 1.69. The van der Waals surface area contributed by atoms with Crippen LogP contribution in [0.4, 0.5) is 0 Å². The van der Waals surface area contributed by atoms with E-state index in [1.54, 1.807) is 9.80 Å². The zero-order chi connectivity index (χ0) is 16.4. The number of carboxylic acid groups (broad SMARTS) is 1. The number of amides is 2. The van der Waals surface area contributed by atoms with Gasteiger partial charge in [-0.1, -0.05) is 19.3 Å². The maximum atomic E-state index is 12.7. The molecule has 2 amide bonds. The van der Waals surface area contributed by atoms with Crippen molar-refractivity contribution in [1.82, 2.24) is 9.80 Å². The van der Waals surface area contributed by atoms with Crippen LogP contribution in [0, 0.1) is 11.8 Å². The molecule has 3 fully saturated rings. The van der Waals surface area contributed by atoms with Gasteiger partial charge in [-0.3, -0.25) is 14.4 Å². The second kappa shape index (κ2) is 6.89. The zero-order valence-corrected chi connectivity index (χ0v) is 13.6. The molecule has 6 heteroatoms. The Morgan fingerprint density at radius 2 is 1.74 bits per heavy atom. The summed E-state index contributed by atoms with van der Waals surface area (Å²) in [6.45, 7) is 1.75. The number of carbonyl (C=O) groups excluding carboxylic acids is 2. The third kappa shape index (κ3) is 3.51. The Kier molecular flexibility index (Phi) is 4.87. The normalized spacial score (nSPS) is 26.4. The van der Waals surface area contributed by atoms with Crippen molar-refractivity contribution in [2.24, 2.45) is 11.8 Å². The molecular weight excluding hydrogens is 296 g/mol. The molecule has 0 aromatic heterocycles. The summed E-state index contributed by atoms with van der Waals surface area (Å²) in [5, 5.41) is 9.17. The molecule has 1 saturated heterocycles. The minimum atomic E-state index is -1.02. The van der Waals surface area contributed by atoms with Gasteiger partial charge in [-0.25, -0.2) is 0 Å². The van der Waals surface area contributed by atoms with Crippen molar-refractivity contribution in [3.05, 3.63) is 0 Å². The monoisotopic (exact) mass is 322 g/mol. The SMILES string of the molecule is O=C(O)CC1C(=O)N(CC2CCC2)CCN1C(=O)C1CCCC1. The smallest absolute Gasteiger partial charge is 0.305 e. The average Bonchev–Trinajstić information content (AvgIpc) is 2.99. The first kappa shape index (κ1) is 16.3. The van der Waals surface area contributed by atoms with E-state index in [0.29, 0.717) is 19.0 Å². The second-order valence-electron chi connectivity index (χ2n) is 7.21. The van der Waals surface area contributed by atoms with Gasteiger partial charge in [0, 0.05) is 25.6 Å². The number of nitrogens with zero attached hydrogens (tertiary/aromatic N) is 2. The second-order valence-corrected chi connectivity index (χ2v) is 7.21. The van der Waals surface area contributed by atoms with Crippen LogP contribution in [0.15, 0.2) is 0 Å². The van der Waals surface area contributed by atoms with E-state index < -0.39 is 12.0 Å². The van der Waals surface area contributed by atoms with Gasteiger partial charge in [0.05, 0.1) is 6.42 Å². The van der Waals surface area contributed by atoms with Crippen molar-refractivity contribution in [3.8, 4) is 0 Å². The largest absolute Gasteiger partial charge is 0.481 e. The lowest BCUT2D eigenvalue weighted by atomic mass is 9.84. The van der Waals surface area contributed by atoms with Crippen LogP contribution in [0.5, 0.6) is 0 Å². The highest BCUT2D eigenvalue weighted by molar-refractivity contribution is 5.92. The summed E-state index contributed by atoms with van der Waals surface area (Å²) >= 11 is 0. The Morgan fingerprint density at radius 1 is 1.04 bits per heavy atom. The van der Waals surface area contributed by atoms with Crippen LogP contribution in [-0.4, -0.2) is 58.4 Å². The van der Waals surface area contributed by atoms with Crippen molar-refractivity contribution in [2.45, 2.75) is 57.4 Å². The number of carbonyl (C=O) groups is 3. The van der Waals surface area contributed by atoms with Crippen molar-refractivity contribution in [2.75, 3.05) is 19.6 Å². The molecule has 0 aromatic carbocycles. The third-order valence-corrected chi connectivity index (χ3v) is 5.64. The summed E-state index contributed by atoms with van der Waals surface area (Å²) in [6.07, 6.45) is 7.08. The molecule has 0 radical (unpaired) electrons. The van der Waals surface area contributed by atoms with Gasteiger partial charge in [0.25, 0.3) is 0 Å². The summed E-state index contributed by atoms with van der Waals surface area (Å²) in [6, 6.07) is -0.811. The number of carboxylic acids is 1. The Labute approximate surface area is 136 Å². The van der Waals surface area contributed by atoms with Crippen LogP contribution in [0.3, 0.4) is 0 Å².